The third kappa shape index (κ3) is 7.35. The van der Waals surface area contributed by atoms with Gasteiger partial charge in [-0.25, -0.2) is 8.78 Å². The molecule has 0 radical (unpaired) electrons. The smallest absolute Gasteiger partial charge is 0.191 e. The number of benzene rings is 1. The molecule has 0 aromatic heterocycles. The number of nitrogens with zero attached hydrogens (tertiary/aromatic N) is 2. The molecule has 0 atom stereocenters. The fraction of sp³-hybridized carbons (Fsp3) is 0.533. The van der Waals surface area contributed by atoms with Crippen LogP contribution in [-0.4, -0.2) is 44.1 Å². The van der Waals surface area contributed by atoms with Crippen molar-refractivity contribution in [3.63, 3.8) is 0 Å². The Morgan fingerprint density at radius 1 is 1.27 bits per heavy atom. The highest BCUT2D eigenvalue weighted by Gasteiger charge is 2.06. The van der Waals surface area contributed by atoms with Gasteiger partial charge < -0.3 is 15.5 Å². The molecule has 0 aliphatic rings. The summed E-state index contributed by atoms with van der Waals surface area (Å²) < 4.78 is 26.6. The summed E-state index contributed by atoms with van der Waals surface area (Å²) in [7, 11) is 3.69. The quantitative estimate of drug-likeness (QED) is 0.418. The minimum absolute atomic E-state index is 0. The van der Waals surface area contributed by atoms with Gasteiger partial charge in [0.2, 0.25) is 0 Å². The second kappa shape index (κ2) is 10.7. The Morgan fingerprint density at radius 2 is 1.95 bits per heavy atom. The summed E-state index contributed by atoms with van der Waals surface area (Å²) >= 11 is 0. The highest BCUT2D eigenvalue weighted by Crippen LogP contribution is 2.08. The second-order valence-electron chi connectivity index (χ2n) is 5.16. The van der Waals surface area contributed by atoms with Crippen molar-refractivity contribution < 1.29 is 8.78 Å². The van der Waals surface area contributed by atoms with E-state index in [-0.39, 0.29) is 36.1 Å². The van der Waals surface area contributed by atoms with Gasteiger partial charge in [-0.2, -0.15) is 0 Å². The van der Waals surface area contributed by atoms with Crippen LogP contribution in [0.3, 0.4) is 0 Å². The SMILES string of the molecule is CN=C(NCCN(C)C(C)C)NCc1cc(F)ccc1F.I. The molecule has 2 N–H and O–H groups in total. The minimum Gasteiger partial charge on any atom is -0.355 e. The van der Waals surface area contributed by atoms with Gasteiger partial charge in [0, 0.05) is 38.3 Å². The van der Waals surface area contributed by atoms with Crippen LogP contribution in [0.4, 0.5) is 8.78 Å². The van der Waals surface area contributed by atoms with Crippen LogP contribution in [0.25, 0.3) is 0 Å². The molecule has 0 amide bonds. The van der Waals surface area contributed by atoms with Gasteiger partial charge in [0.15, 0.2) is 5.96 Å². The number of halogens is 3. The molecule has 126 valence electrons. The summed E-state index contributed by atoms with van der Waals surface area (Å²) in [4.78, 5) is 6.26. The van der Waals surface area contributed by atoms with Crippen LogP contribution in [0, 0.1) is 11.6 Å². The van der Waals surface area contributed by atoms with E-state index in [9.17, 15) is 8.78 Å². The van der Waals surface area contributed by atoms with E-state index in [2.05, 4.69) is 34.4 Å². The zero-order chi connectivity index (χ0) is 15.8. The van der Waals surface area contributed by atoms with E-state index in [1.54, 1.807) is 7.05 Å². The molecular weight excluding hydrogens is 401 g/mol. The average Bonchev–Trinajstić information content (AvgIpc) is 2.45. The van der Waals surface area contributed by atoms with Gasteiger partial charge in [-0.1, -0.05) is 0 Å². The van der Waals surface area contributed by atoms with Crippen molar-refractivity contribution in [1.82, 2.24) is 15.5 Å². The topological polar surface area (TPSA) is 39.7 Å². The maximum Gasteiger partial charge on any atom is 0.191 e. The summed E-state index contributed by atoms with van der Waals surface area (Å²) in [6.07, 6.45) is 0. The van der Waals surface area contributed by atoms with Crippen LogP contribution in [-0.2, 0) is 6.54 Å². The Hall–Kier alpha value is -0.960. The van der Waals surface area contributed by atoms with Crippen LogP contribution < -0.4 is 10.6 Å². The molecule has 0 unspecified atom stereocenters. The number of likely N-dealkylation sites (N-methyl/N-ethyl adjacent to an activating group) is 1. The second-order valence-corrected chi connectivity index (χ2v) is 5.16. The average molecular weight is 426 g/mol. The van der Waals surface area contributed by atoms with E-state index >= 15 is 0 Å². The molecule has 0 spiro atoms. The Kier molecular flexibility index (Phi) is 10.2. The molecular formula is C15H25F2IN4. The van der Waals surface area contributed by atoms with Crippen LogP contribution >= 0.6 is 24.0 Å². The van der Waals surface area contributed by atoms with Crippen LogP contribution in [0.15, 0.2) is 23.2 Å². The van der Waals surface area contributed by atoms with Crippen molar-refractivity contribution in [3.8, 4) is 0 Å². The normalized spacial score (nSPS) is 11.5. The van der Waals surface area contributed by atoms with Gasteiger partial charge in [0.1, 0.15) is 11.6 Å². The Bertz CT molecular complexity index is 481. The molecule has 0 fully saturated rings. The van der Waals surface area contributed by atoms with Crippen molar-refractivity contribution in [1.29, 1.82) is 0 Å². The Labute approximate surface area is 148 Å². The molecule has 0 saturated heterocycles. The van der Waals surface area contributed by atoms with E-state index in [0.717, 1.165) is 25.2 Å². The van der Waals surface area contributed by atoms with Gasteiger partial charge in [-0.3, -0.25) is 4.99 Å². The van der Waals surface area contributed by atoms with E-state index < -0.39 is 11.6 Å². The molecule has 0 heterocycles. The van der Waals surface area contributed by atoms with Crippen molar-refractivity contribution in [2.24, 2.45) is 4.99 Å². The first-order valence-corrected chi connectivity index (χ1v) is 7.02. The highest BCUT2D eigenvalue weighted by atomic mass is 127. The van der Waals surface area contributed by atoms with E-state index in [1.807, 2.05) is 7.05 Å². The fourth-order valence-electron chi connectivity index (χ4n) is 1.69. The highest BCUT2D eigenvalue weighted by molar-refractivity contribution is 14.0. The summed E-state index contributed by atoms with van der Waals surface area (Å²) in [5, 5.41) is 6.11. The zero-order valence-corrected chi connectivity index (χ0v) is 15.8. The first-order chi connectivity index (χ1) is 9.93. The third-order valence-corrected chi connectivity index (χ3v) is 3.32. The zero-order valence-electron chi connectivity index (χ0n) is 13.5. The monoisotopic (exact) mass is 426 g/mol. The molecule has 0 saturated carbocycles. The number of hydrogen-bond acceptors (Lipinski definition) is 2. The Morgan fingerprint density at radius 3 is 2.55 bits per heavy atom. The predicted octanol–water partition coefficient (Wildman–Crippen LogP) is 2.59. The molecule has 4 nitrogen and oxygen atoms in total. The first-order valence-electron chi connectivity index (χ1n) is 7.02. The lowest BCUT2D eigenvalue weighted by atomic mass is 10.2. The molecule has 0 aliphatic heterocycles. The lowest BCUT2D eigenvalue weighted by Crippen LogP contribution is -2.41. The van der Waals surface area contributed by atoms with Gasteiger partial charge in [0.25, 0.3) is 0 Å². The van der Waals surface area contributed by atoms with Crippen molar-refractivity contribution >= 4 is 29.9 Å². The van der Waals surface area contributed by atoms with Crippen molar-refractivity contribution in [2.45, 2.75) is 26.4 Å². The number of aliphatic imine (C=N–C) groups is 1. The van der Waals surface area contributed by atoms with Gasteiger partial charge >= 0.3 is 0 Å². The van der Waals surface area contributed by atoms with Gasteiger partial charge in [0.05, 0.1) is 0 Å². The lowest BCUT2D eigenvalue weighted by Gasteiger charge is -2.21. The number of guanidine groups is 1. The van der Waals surface area contributed by atoms with E-state index in [4.69, 9.17) is 0 Å². The molecule has 22 heavy (non-hydrogen) atoms. The number of nitrogens with one attached hydrogen (secondary N) is 2. The fourth-order valence-corrected chi connectivity index (χ4v) is 1.69. The predicted molar refractivity (Wildman–Crippen MR) is 97.7 cm³/mol. The lowest BCUT2D eigenvalue weighted by molar-refractivity contribution is 0.278. The van der Waals surface area contributed by atoms with E-state index in [1.165, 1.54) is 6.07 Å². The molecule has 0 aliphatic carbocycles. The van der Waals surface area contributed by atoms with Gasteiger partial charge in [-0.05, 0) is 39.1 Å². The Balaban J connectivity index is 0.00000441. The number of rotatable bonds is 6. The molecule has 1 aromatic carbocycles. The maximum atomic E-state index is 13.5. The maximum absolute atomic E-state index is 13.5. The third-order valence-electron chi connectivity index (χ3n) is 3.32. The first kappa shape index (κ1) is 21.0. The largest absolute Gasteiger partial charge is 0.355 e. The number of hydrogen-bond donors (Lipinski definition) is 2. The minimum atomic E-state index is -0.449. The molecule has 7 heteroatoms. The summed E-state index contributed by atoms with van der Waals surface area (Å²) in [6, 6.07) is 3.89. The van der Waals surface area contributed by atoms with Crippen molar-refractivity contribution in [3.05, 3.63) is 35.4 Å². The van der Waals surface area contributed by atoms with E-state index in [0.29, 0.717) is 12.0 Å². The van der Waals surface area contributed by atoms with Crippen LogP contribution in [0.2, 0.25) is 0 Å². The summed E-state index contributed by atoms with van der Waals surface area (Å²) in [5.41, 5.74) is 0.275. The molecule has 0 bridgehead atoms. The summed E-state index contributed by atoms with van der Waals surface area (Å²) in [6.45, 7) is 6.02. The van der Waals surface area contributed by atoms with Crippen LogP contribution in [0.1, 0.15) is 19.4 Å². The standard InChI is InChI=1S/C15H24F2N4.HI/c1-11(2)21(4)8-7-19-15(18-3)20-10-12-9-13(16)5-6-14(12)17;/h5-6,9,11H,7-8,10H2,1-4H3,(H2,18,19,20);1H. The van der Waals surface area contributed by atoms with Crippen molar-refractivity contribution in [2.75, 3.05) is 27.2 Å². The molecule has 1 aromatic rings. The molecule has 1 rings (SSSR count). The van der Waals surface area contributed by atoms with Crippen LogP contribution in [0.5, 0.6) is 0 Å². The van der Waals surface area contributed by atoms with Gasteiger partial charge in [-0.15, -0.1) is 24.0 Å². The summed E-state index contributed by atoms with van der Waals surface area (Å²) in [5.74, 6) is -0.315.